The molecule has 0 spiro atoms. The van der Waals surface area contributed by atoms with Crippen molar-refractivity contribution >= 4 is 28.3 Å². The molecule has 2 fully saturated rings. The fourth-order valence-electron chi connectivity index (χ4n) is 3.48. The molecule has 0 N–H and O–H groups in total. The highest BCUT2D eigenvalue weighted by Crippen LogP contribution is 2.21. The van der Waals surface area contributed by atoms with Gasteiger partial charge in [0.2, 0.25) is 10.0 Å². The van der Waals surface area contributed by atoms with Crippen LogP contribution in [-0.2, 0) is 14.8 Å². The number of hydrogen-bond acceptors (Lipinski definition) is 5. The first-order valence-electron chi connectivity index (χ1n) is 9.03. The molecule has 152 valence electrons. The standard InChI is InChI=1S/C18H27N3O4S.ClH/c1-19-8-6-16(7-9-19)20(2)18(22)15-4-3-5-17(14-15)26(23,24)21-10-12-25-13-11-21;/h3-5,14,16H,6-13H2,1-2H3;1H. The Labute approximate surface area is 167 Å². The van der Waals surface area contributed by atoms with Crippen LogP contribution in [0.25, 0.3) is 0 Å². The van der Waals surface area contributed by atoms with E-state index in [9.17, 15) is 13.2 Å². The first-order chi connectivity index (χ1) is 12.4. The third kappa shape index (κ3) is 5.00. The topological polar surface area (TPSA) is 70.2 Å². The summed E-state index contributed by atoms with van der Waals surface area (Å²) >= 11 is 0. The average Bonchev–Trinajstić information content (AvgIpc) is 2.68. The lowest BCUT2D eigenvalue weighted by Gasteiger charge is -2.35. The van der Waals surface area contributed by atoms with Gasteiger partial charge < -0.3 is 14.5 Å². The molecular formula is C18H28ClN3O4S. The lowest BCUT2D eigenvalue weighted by atomic mass is 10.0. The fourth-order valence-corrected chi connectivity index (χ4v) is 4.93. The van der Waals surface area contributed by atoms with Gasteiger partial charge >= 0.3 is 0 Å². The van der Waals surface area contributed by atoms with Crippen molar-refractivity contribution in [2.24, 2.45) is 0 Å². The van der Waals surface area contributed by atoms with Gasteiger partial charge in [0.1, 0.15) is 0 Å². The molecule has 2 aliphatic heterocycles. The molecule has 0 aliphatic carbocycles. The van der Waals surface area contributed by atoms with Gasteiger partial charge in [-0.3, -0.25) is 4.79 Å². The Hall–Kier alpha value is -1.19. The van der Waals surface area contributed by atoms with Crippen LogP contribution in [0.1, 0.15) is 23.2 Å². The molecule has 0 atom stereocenters. The van der Waals surface area contributed by atoms with Crippen molar-refractivity contribution in [3.8, 4) is 0 Å². The summed E-state index contributed by atoms with van der Waals surface area (Å²) in [6.45, 7) is 3.42. The molecule has 0 radical (unpaired) electrons. The van der Waals surface area contributed by atoms with Gasteiger partial charge in [0.15, 0.2) is 0 Å². The number of hydrogen-bond donors (Lipinski definition) is 0. The van der Waals surface area contributed by atoms with Crippen LogP contribution in [0.5, 0.6) is 0 Å². The normalized spacial score (nSPS) is 20.1. The second-order valence-electron chi connectivity index (χ2n) is 6.99. The molecule has 9 heteroatoms. The Bertz CT molecular complexity index is 745. The molecule has 2 aliphatic rings. The van der Waals surface area contributed by atoms with Crippen LogP contribution in [-0.4, -0.2) is 88.0 Å². The molecule has 3 rings (SSSR count). The maximum Gasteiger partial charge on any atom is 0.253 e. The number of halogens is 1. The number of amides is 1. The zero-order chi connectivity index (χ0) is 18.7. The van der Waals surface area contributed by atoms with E-state index in [0.717, 1.165) is 25.9 Å². The van der Waals surface area contributed by atoms with Crippen molar-refractivity contribution in [3.05, 3.63) is 29.8 Å². The second kappa shape index (κ2) is 9.34. The maximum absolute atomic E-state index is 12.9. The Morgan fingerprint density at radius 3 is 2.41 bits per heavy atom. The van der Waals surface area contributed by atoms with Crippen molar-refractivity contribution in [1.82, 2.24) is 14.1 Å². The lowest BCUT2D eigenvalue weighted by Crippen LogP contribution is -2.44. The lowest BCUT2D eigenvalue weighted by molar-refractivity contribution is 0.0659. The third-order valence-electron chi connectivity index (χ3n) is 5.24. The number of ether oxygens (including phenoxy) is 1. The predicted molar refractivity (Wildman–Crippen MR) is 106 cm³/mol. The summed E-state index contributed by atoms with van der Waals surface area (Å²) < 4.78 is 32.3. The Kier molecular flexibility index (Phi) is 7.64. The molecule has 0 aromatic heterocycles. The monoisotopic (exact) mass is 417 g/mol. The number of likely N-dealkylation sites (tertiary alicyclic amines) is 1. The molecule has 0 bridgehead atoms. The molecule has 7 nitrogen and oxygen atoms in total. The maximum atomic E-state index is 12.9. The van der Waals surface area contributed by atoms with Gasteiger partial charge in [0.25, 0.3) is 5.91 Å². The summed E-state index contributed by atoms with van der Waals surface area (Å²) in [5.41, 5.74) is 0.417. The fraction of sp³-hybridized carbons (Fsp3) is 0.611. The number of benzene rings is 1. The van der Waals surface area contributed by atoms with Crippen molar-refractivity contribution in [2.45, 2.75) is 23.8 Å². The molecule has 2 saturated heterocycles. The summed E-state index contributed by atoms with van der Waals surface area (Å²) in [4.78, 5) is 17.0. The summed E-state index contributed by atoms with van der Waals surface area (Å²) in [7, 11) is 0.288. The largest absolute Gasteiger partial charge is 0.379 e. The van der Waals surface area contributed by atoms with Crippen molar-refractivity contribution in [2.75, 3.05) is 53.5 Å². The van der Waals surface area contributed by atoms with Gasteiger partial charge in [0, 0.05) is 31.7 Å². The third-order valence-corrected chi connectivity index (χ3v) is 7.14. The Balaban J connectivity index is 0.00000261. The second-order valence-corrected chi connectivity index (χ2v) is 8.93. The molecule has 2 heterocycles. The van der Waals surface area contributed by atoms with Crippen molar-refractivity contribution in [3.63, 3.8) is 0 Å². The number of carbonyl (C=O) groups is 1. The van der Waals surface area contributed by atoms with E-state index in [-0.39, 0.29) is 29.3 Å². The van der Waals surface area contributed by atoms with Crippen LogP contribution in [0.15, 0.2) is 29.2 Å². The number of nitrogens with zero attached hydrogens (tertiary/aromatic N) is 3. The van der Waals surface area contributed by atoms with Crippen LogP contribution in [0.3, 0.4) is 0 Å². The molecule has 1 aromatic rings. The van der Waals surface area contributed by atoms with E-state index in [1.165, 1.54) is 10.4 Å². The van der Waals surface area contributed by atoms with E-state index in [4.69, 9.17) is 4.74 Å². The summed E-state index contributed by atoms with van der Waals surface area (Å²) in [5, 5.41) is 0. The SMILES string of the molecule is CN1CCC(N(C)C(=O)c2cccc(S(=O)(=O)N3CCOCC3)c2)CC1.Cl. The van der Waals surface area contributed by atoms with Crippen LogP contribution in [0.2, 0.25) is 0 Å². The number of sulfonamides is 1. The minimum atomic E-state index is -3.60. The summed E-state index contributed by atoms with van der Waals surface area (Å²) in [6, 6.07) is 6.57. The first kappa shape index (κ1) is 22.1. The van der Waals surface area contributed by atoms with Crippen LogP contribution >= 0.6 is 12.4 Å². The minimum Gasteiger partial charge on any atom is -0.379 e. The zero-order valence-electron chi connectivity index (χ0n) is 15.8. The van der Waals surface area contributed by atoms with E-state index in [0.29, 0.717) is 31.9 Å². The highest BCUT2D eigenvalue weighted by Gasteiger charge is 2.28. The number of morpholine rings is 1. The zero-order valence-corrected chi connectivity index (χ0v) is 17.5. The van der Waals surface area contributed by atoms with Gasteiger partial charge in [-0.2, -0.15) is 4.31 Å². The van der Waals surface area contributed by atoms with Crippen LogP contribution in [0.4, 0.5) is 0 Å². The van der Waals surface area contributed by atoms with E-state index >= 15 is 0 Å². The predicted octanol–water partition coefficient (Wildman–Crippen LogP) is 1.30. The number of carbonyl (C=O) groups excluding carboxylic acids is 1. The summed E-state index contributed by atoms with van der Waals surface area (Å²) in [6.07, 6.45) is 1.87. The molecule has 1 aromatic carbocycles. The highest BCUT2D eigenvalue weighted by molar-refractivity contribution is 7.89. The smallest absolute Gasteiger partial charge is 0.253 e. The van der Waals surface area contributed by atoms with Crippen LogP contribution in [0, 0.1) is 0 Å². The molecule has 1 amide bonds. The molecule has 0 unspecified atom stereocenters. The van der Waals surface area contributed by atoms with Crippen LogP contribution < -0.4 is 0 Å². The first-order valence-corrected chi connectivity index (χ1v) is 10.5. The molecule has 0 saturated carbocycles. The van der Waals surface area contributed by atoms with Gasteiger partial charge in [-0.15, -0.1) is 12.4 Å². The molecular weight excluding hydrogens is 390 g/mol. The minimum absolute atomic E-state index is 0. The Morgan fingerprint density at radius 2 is 1.78 bits per heavy atom. The highest BCUT2D eigenvalue weighted by atomic mass is 35.5. The van der Waals surface area contributed by atoms with E-state index in [2.05, 4.69) is 11.9 Å². The van der Waals surface area contributed by atoms with Crippen molar-refractivity contribution < 1.29 is 17.9 Å². The Morgan fingerprint density at radius 1 is 1.15 bits per heavy atom. The van der Waals surface area contributed by atoms with Gasteiger partial charge in [-0.05, 0) is 51.2 Å². The van der Waals surface area contributed by atoms with Crippen molar-refractivity contribution in [1.29, 1.82) is 0 Å². The van der Waals surface area contributed by atoms with Gasteiger partial charge in [-0.1, -0.05) is 6.07 Å². The van der Waals surface area contributed by atoms with E-state index in [1.54, 1.807) is 23.1 Å². The van der Waals surface area contributed by atoms with E-state index in [1.807, 2.05) is 7.05 Å². The van der Waals surface area contributed by atoms with E-state index < -0.39 is 10.0 Å². The summed E-state index contributed by atoms with van der Waals surface area (Å²) in [5.74, 6) is -0.126. The molecule has 27 heavy (non-hydrogen) atoms. The average molecular weight is 418 g/mol. The quantitative estimate of drug-likeness (QED) is 0.738. The number of piperidine rings is 1. The van der Waals surface area contributed by atoms with Gasteiger partial charge in [-0.25, -0.2) is 8.42 Å². The van der Waals surface area contributed by atoms with Gasteiger partial charge in [0.05, 0.1) is 18.1 Å². The number of rotatable bonds is 4.